The SMILES string of the molecule is CC(NC(=O)/C=C/c1nc2ccccc2o1)c1ncn[nH]1. The molecule has 2 heterocycles. The van der Waals surface area contributed by atoms with E-state index in [9.17, 15) is 4.79 Å². The van der Waals surface area contributed by atoms with E-state index >= 15 is 0 Å². The Hall–Kier alpha value is -2.96. The van der Waals surface area contributed by atoms with E-state index in [1.165, 1.54) is 18.5 Å². The molecule has 7 heteroatoms. The maximum atomic E-state index is 11.8. The summed E-state index contributed by atoms with van der Waals surface area (Å²) in [4.78, 5) is 20.0. The Morgan fingerprint density at radius 3 is 3.05 bits per heavy atom. The van der Waals surface area contributed by atoms with Gasteiger partial charge in [0, 0.05) is 12.2 Å². The second-order valence-corrected chi connectivity index (χ2v) is 4.45. The number of aromatic nitrogens is 4. The maximum Gasteiger partial charge on any atom is 0.244 e. The zero-order chi connectivity index (χ0) is 14.7. The van der Waals surface area contributed by atoms with E-state index in [1.807, 2.05) is 31.2 Å². The van der Waals surface area contributed by atoms with Crippen LogP contribution in [-0.4, -0.2) is 26.1 Å². The molecule has 7 nitrogen and oxygen atoms in total. The number of oxazole rings is 1. The number of hydrogen-bond acceptors (Lipinski definition) is 5. The molecule has 2 aromatic heterocycles. The number of nitrogens with one attached hydrogen (secondary N) is 2. The first-order valence-corrected chi connectivity index (χ1v) is 6.42. The van der Waals surface area contributed by atoms with Gasteiger partial charge in [-0.3, -0.25) is 9.89 Å². The molecule has 3 rings (SSSR count). The van der Waals surface area contributed by atoms with E-state index < -0.39 is 0 Å². The van der Waals surface area contributed by atoms with Crippen LogP contribution in [0, 0.1) is 0 Å². The number of H-pyrrole nitrogens is 1. The first-order chi connectivity index (χ1) is 10.2. The highest BCUT2D eigenvalue weighted by Gasteiger charge is 2.10. The van der Waals surface area contributed by atoms with Crippen molar-refractivity contribution in [1.29, 1.82) is 0 Å². The minimum absolute atomic E-state index is 0.256. The van der Waals surface area contributed by atoms with Crippen LogP contribution < -0.4 is 5.32 Å². The summed E-state index contributed by atoms with van der Waals surface area (Å²) in [6.45, 7) is 1.81. The molecule has 2 N–H and O–H groups in total. The van der Waals surface area contributed by atoms with Gasteiger partial charge in [-0.05, 0) is 19.1 Å². The summed E-state index contributed by atoms with van der Waals surface area (Å²) >= 11 is 0. The minimum Gasteiger partial charge on any atom is -0.437 e. The highest BCUT2D eigenvalue weighted by molar-refractivity contribution is 5.91. The summed E-state index contributed by atoms with van der Waals surface area (Å²) in [5.41, 5.74) is 1.44. The molecule has 21 heavy (non-hydrogen) atoms. The molecular weight excluding hydrogens is 270 g/mol. The molecule has 0 bridgehead atoms. The van der Waals surface area contributed by atoms with Gasteiger partial charge in [0.15, 0.2) is 5.58 Å². The molecule has 3 aromatic rings. The Labute approximate surface area is 120 Å². The van der Waals surface area contributed by atoms with Crippen molar-refractivity contribution in [2.24, 2.45) is 0 Å². The molecule has 1 unspecified atom stereocenters. The van der Waals surface area contributed by atoms with Crippen molar-refractivity contribution in [1.82, 2.24) is 25.5 Å². The molecule has 0 aliphatic rings. The predicted octanol–water partition coefficient (Wildman–Crippen LogP) is 1.84. The number of hydrogen-bond donors (Lipinski definition) is 2. The number of benzene rings is 1. The number of para-hydroxylation sites is 2. The molecule has 0 saturated carbocycles. The molecule has 0 spiro atoms. The fourth-order valence-corrected chi connectivity index (χ4v) is 1.86. The van der Waals surface area contributed by atoms with Crippen LogP contribution >= 0.6 is 0 Å². The lowest BCUT2D eigenvalue weighted by molar-refractivity contribution is -0.117. The fraction of sp³-hybridized carbons (Fsp3) is 0.143. The average molecular weight is 283 g/mol. The Kier molecular flexibility index (Phi) is 3.46. The lowest BCUT2D eigenvalue weighted by Crippen LogP contribution is -2.25. The largest absolute Gasteiger partial charge is 0.437 e. The van der Waals surface area contributed by atoms with Gasteiger partial charge in [0.1, 0.15) is 17.7 Å². The lowest BCUT2D eigenvalue weighted by atomic mass is 10.3. The van der Waals surface area contributed by atoms with Gasteiger partial charge in [-0.1, -0.05) is 12.1 Å². The van der Waals surface area contributed by atoms with Crippen LogP contribution in [0.1, 0.15) is 24.7 Å². The summed E-state index contributed by atoms with van der Waals surface area (Å²) in [5, 5.41) is 9.20. The minimum atomic E-state index is -0.263. The third kappa shape index (κ3) is 2.97. The van der Waals surface area contributed by atoms with E-state index in [4.69, 9.17) is 4.42 Å². The second-order valence-electron chi connectivity index (χ2n) is 4.45. The zero-order valence-electron chi connectivity index (χ0n) is 11.3. The standard InChI is InChI=1S/C14H13N5O2/c1-9(14-15-8-16-19-14)17-12(20)6-7-13-18-10-4-2-3-5-11(10)21-13/h2-9H,1H3,(H,17,20)(H,15,16,19)/b7-6+. The Balaban J connectivity index is 1.66. The Bertz CT molecular complexity index is 743. The molecule has 1 aromatic carbocycles. The fourth-order valence-electron chi connectivity index (χ4n) is 1.86. The molecule has 0 radical (unpaired) electrons. The molecule has 0 aliphatic heterocycles. The van der Waals surface area contributed by atoms with E-state index in [0.717, 1.165) is 5.52 Å². The first kappa shape index (κ1) is 13.0. The predicted molar refractivity (Wildman–Crippen MR) is 76.0 cm³/mol. The maximum absolute atomic E-state index is 11.8. The summed E-state index contributed by atoms with van der Waals surface area (Å²) in [7, 11) is 0. The Morgan fingerprint density at radius 1 is 1.43 bits per heavy atom. The van der Waals surface area contributed by atoms with E-state index in [2.05, 4.69) is 25.5 Å². The number of carbonyl (C=O) groups is 1. The summed E-state index contributed by atoms with van der Waals surface area (Å²) < 4.78 is 5.49. The van der Waals surface area contributed by atoms with Crippen molar-refractivity contribution in [3.63, 3.8) is 0 Å². The van der Waals surface area contributed by atoms with Crippen LogP contribution in [0.2, 0.25) is 0 Å². The van der Waals surface area contributed by atoms with Gasteiger partial charge in [-0.2, -0.15) is 5.10 Å². The van der Waals surface area contributed by atoms with Crippen molar-refractivity contribution in [3.05, 3.63) is 48.4 Å². The monoisotopic (exact) mass is 283 g/mol. The van der Waals surface area contributed by atoms with E-state index in [-0.39, 0.29) is 11.9 Å². The van der Waals surface area contributed by atoms with Crippen LogP contribution in [0.4, 0.5) is 0 Å². The molecule has 0 aliphatic carbocycles. The third-order valence-corrected chi connectivity index (χ3v) is 2.89. The number of fused-ring (bicyclic) bond motifs is 1. The summed E-state index contributed by atoms with van der Waals surface area (Å²) in [6.07, 6.45) is 4.30. The normalized spacial score (nSPS) is 12.8. The number of carbonyl (C=O) groups excluding carboxylic acids is 1. The second kappa shape index (κ2) is 5.58. The van der Waals surface area contributed by atoms with Gasteiger partial charge in [0.2, 0.25) is 11.8 Å². The lowest BCUT2D eigenvalue weighted by Gasteiger charge is -2.08. The quantitative estimate of drug-likeness (QED) is 0.712. The van der Waals surface area contributed by atoms with Crippen LogP contribution in [-0.2, 0) is 4.79 Å². The molecular formula is C14H13N5O2. The van der Waals surface area contributed by atoms with Crippen LogP contribution in [0.25, 0.3) is 17.2 Å². The number of nitrogens with zero attached hydrogens (tertiary/aromatic N) is 3. The third-order valence-electron chi connectivity index (χ3n) is 2.89. The number of rotatable bonds is 4. The van der Waals surface area contributed by atoms with Crippen molar-refractivity contribution in [2.75, 3.05) is 0 Å². The topological polar surface area (TPSA) is 96.7 Å². The summed E-state index contributed by atoms with van der Waals surface area (Å²) in [6, 6.07) is 7.17. The van der Waals surface area contributed by atoms with Crippen molar-refractivity contribution < 1.29 is 9.21 Å². The van der Waals surface area contributed by atoms with E-state index in [1.54, 1.807) is 0 Å². The molecule has 0 fully saturated rings. The first-order valence-electron chi connectivity index (χ1n) is 6.42. The molecule has 1 atom stereocenters. The Morgan fingerprint density at radius 2 is 2.29 bits per heavy atom. The number of amides is 1. The molecule has 1 amide bonds. The highest BCUT2D eigenvalue weighted by Crippen LogP contribution is 2.15. The molecule has 0 saturated heterocycles. The number of aromatic amines is 1. The highest BCUT2D eigenvalue weighted by atomic mass is 16.3. The van der Waals surface area contributed by atoms with Gasteiger partial charge >= 0.3 is 0 Å². The van der Waals surface area contributed by atoms with Crippen LogP contribution in [0.3, 0.4) is 0 Å². The van der Waals surface area contributed by atoms with Crippen LogP contribution in [0.15, 0.2) is 41.1 Å². The van der Waals surface area contributed by atoms with Gasteiger partial charge in [-0.25, -0.2) is 9.97 Å². The summed E-state index contributed by atoms with van der Waals surface area (Å²) in [5.74, 6) is 0.721. The van der Waals surface area contributed by atoms with Crippen LogP contribution in [0.5, 0.6) is 0 Å². The molecule has 106 valence electrons. The smallest absolute Gasteiger partial charge is 0.244 e. The van der Waals surface area contributed by atoms with Gasteiger partial charge < -0.3 is 9.73 Å². The van der Waals surface area contributed by atoms with Crippen molar-refractivity contribution >= 4 is 23.1 Å². The van der Waals surface area contributed by atoms with Gasteiger partial charge in [0.25, 0.3) is 0 Å². The van der Waals surface area contributed by atoms with Gasteiger partial charge in [0.05, 0.1) is 6.04 Å². The zero-order valence-corrected chi connectivity index (χ0v) is 11.3. The van der Waals surface area contributed by atoms with Crippen molar-refractivity contribution in [2.45, 2.75) is 13.0 Å². The van der Waals surface area contributed by atoms with Crippen molar-refractivity contribution in [3.8, 4) is 0 Å². The average Bonchev–Trinajstić information content (AvgIpc) is 3.14. The van der Waals surface area contributed by atoms with E-state index in [0.29, 0.717) is 17.3 Å². The van der Waals surface area contributed by atoms with Gasteiger partial charge in [-0.15, -0.1) is 0 Å².